The van der Waals surface area contributed by atoms with Gasteiger partial charge < -0.3 is 0 Å². The maximum absolute atomic E-state index is 5.41. The molecule has 0 unspecified atom stereocenters. The summed E-state index contributed by atoms with van der Waals surface area (Å²) in [6.07, 6.45) is 0. The molecule has 0 aliphatic heterocycles. The van der Waals surface area contributed by atoms with Crippen LogP contribution in [0, 0.1) is 0 Å². The van der Waals surface area contributed by atoms with E-state index in [1.54, 1.807) is 0 Å². The van der Waals surface area contributed by atoms with Gasteiger partial charge in [-0.25, -0.2) is 9.97 Å². The second kappa shape index (κ2) is 14.5. The van der Waals surface area contributed by atoms with Crippen LogP contribution in [0.5, 0.6) is 0 Å². The molecule has 10 aromatic carbocycles. The number of nitrogens with zero attached hydrogens (tertiary/aromatic N) is 2. The van der Waals surface area contributed by atoms with Gasteiger partial charge in [0.2, 0.25) is 0 Å². The van der Waals surface area contributed by atoms with Gasteiger partial charge in [0.05, 0.1) is 11.4 Å². The van der Waals surface area contributed by atoms with Crippen molar-refractivity contribution in [2.24, 2.45) is 0 Å². The van der Waals surface area contributed by atoms with Crippen molar-refractivity contribution < 1.29 is 0 Å². The summed E-state index contributed by atoms with van der Waals surface area (Å²) in [6, 6.07) is 78.7. The van der Waals surface area contributed by atoms with Crippen molar-refractivity contribution in [3.8, 4) is 67.3 Å². The smallest absolute Gasteiger partial charge is 0.160 e. The second-order valence-electron chi connectivity index (χ2n) is 15.7. The van der Waals surface area contributed by atoms with Crippen LogP contribution in [0.15, 0.2) is 218 Å². The predicted octanol–water partition coefficient (Wildman–Crippen LogP) is 16.3. The Morgan fingerprint density at radius 1 is 0.279 bits per heavy atom. The lowest BCUT2D eigenvalue weighted by Crippen LogP contribution is -1.98. The highest BCUT2D eigenvalue weighted by Gasteiger charge is 2.18. The first-order valence-electron chi connectivity index (χ1n) is 20.7. The molecule has 12 aromatic rings. The number of thiophene rings is 1. The van der Waals surface area contributed by atoms with Gasteiger partial charge in [-0.1, -0.05) is 194 Å². The first-order chi connectivity index (χ1) is 30.2. The van der Waals surface area contributed by atoms with Gasteiger partial charge in [-0.05, 0) is 90.0 Å². The third kappa shape index (κ3) is 6.09. The highest BCUT2D eigenvalue weighted by molar-refractivity contribution is 7.25. The molecule has 2 heterocycles. The Hall–Kier alpha value is -7.72. The maximum atomic E-state index is 5.41. The van der Waals surface area contributed by atoms with Crippen molar-refractivity contribution in [1.29, 1.82) is 0 Å². The Morgan fingerprint density at radius 2 is 0.820 bits per heavy atom. The van der Waals surface area contributed by atoms with Crippen LogP contribution in [0.3, 0.4) is 0 Å². The number of hydrogen-bond donors (Lipinski definition) is 0. The third-order valence-electron chi connectivity index (χ3n) is 12.1. The number of fused-ring (bicyclic) bond motifs is 7. The van der Waals surface area contributed by atoms with Crippen molar-refractivity contribution in [1.82, 2.24) is 9.97 Å². The van der Waals surface area contributed by atoms with Gasteiger partial charge >= 0.3 is 0 Å². The van der Waals surface area contributed by atoms with Crippen LogP contribution in [0.4, 0.5) is 0 Å². The predicted molar refractivity (Wildman–Crippen MR) is 260 cm³/mol. The minimum Gasteiger partial charge on any atom is -0.228 e. The molecule has 12 rings (SSSR count). The van der Waals surface area contributed by atoms with E-state index in [2.05, 4.69) is 218 Å². The molecule has 2 nitrogen and oxygen atoms in total. The van der Waals surface area contributed by atoms with Crippen LogP contribution < -0.4 is 0 Å². The molecule has 0 fully saturated rings. The molecule has 3 heteroatoms. The zero-order valence-corrected chi connectivity index (χ0v) is 33.9. The zero-order chi connectivity index (χ0) is 40.3. The van der Waals surface area contributed by atoms with E-state index in [9.17, 15) is 0 Å². The lowest BCUT2D eigenvalue weighted by atomic mass is 9.89. The van der Waals surface area contributed by atoms with Gasteiger partial charge in [-0.15, -0.1) is 11.3 Å². The summed E-state index contributed by atoms with van der Waals surface area (Å²) >= 11 is 1.85. The molecule has 0 saturated heterocycles. The molecule has 0 atom stereocenters. The second-order valence-corrected chi connectivity index (χ2v) is 16.7. The van der Waals surface area contributed by atoms with E-state index in [4.69, 9.17) is 9.97 Å². The topological polar surface area (TPSA) is 25.8 Å². The molecule has 0 aliphatic rings. The minimum atomic E-state index is 0.686. The molecular weight excluding hydrogens is 757 g/mol. The van der Waals surface area contributed by atoms with Crippen molar-refractivity contribution in [3.63, 3.8) is 0 Å². The molecular formula is C58H36N2S. The molecule has 0 aliphatic carbocycles. The van der Waals surface area contributed by atoms with Gasteiger partial charge in [-0.2, -0.15) is 0 Å². The monoisotopic (exact) mass is 792 g/mol. The minimum absolute atomic E-state index is 0.686. The third-order valence-corrected chi connectivity index (χ3v) is 13.2. The van der Waals surface area contributed by atoms with Crippen molar-refractivity contribution in [2.45, 2.75) is 0 Å². The van der Waals surface area contributed by atoms with E-state index in [0.29, 0.717) is 5.82 Å². The van der Waals surface area contributed by atoms with Crippen molar-refractivity contribution in [2.75, 3.05) is 0 Å². The summed E-state index contributed by atoms with van der Waals surface area (Å²) < 4.78 is 2.58. The standard InChI is InChI=1S/C58H36N2S/c1-2-14-37(15-3-1)43-18-8-10-22-47(43)53-36-54(48-23-11-9-20-45(48)42-31-32-50-49-24-12-13-25-55(49)61-56(50)35-42)60-58(59-53)40-28-26-39(27-29-40)57-46-21-7-5-17-41(46)34-52-44-19-6-4-16-38(44)30-33-51(52)57/h1-36H. The van der Waals surface area contributed by atoms with Gasteiger partial charge in [-0.3, -0.25) is 0 Å². The van der Waals surface area contributed by atoms with Crippen molar-refractivity contribution in [3.05, 3.63) is 218 Å². The lowest BCUT2D eigenvalue weighted by molar-refractivity contribution is 1.18. The molecule has 0 amide bonds. The number of benzene rings is 10. The number of aromatic nitrogens is 2. The Morgan fingerprint density at radius 3 is 1.57 bits per heavy atom. The van der Waals surface area contributed by atoms with Crippen LogP contribution >= 0.6 is 11.3 Å². The van der Waals surface area contributed by atoms with Gasteiger partial charge in [0.1, 0.15) is 0 Å². The van der Waals surface area contributed by atoms with E-state index < -0.39 is 0 Å². The van der Waals surface area contributed by atoms with Gasteiger partial charge in [0, 0.05) is 36.9 Å². The van der Waals surface area contributed by atoms with Gasteiger partial charge in [0.25, 0.3) is 0 Å². The average Bonchev–Trinajstić information content (AvgIpc) is 3.71. The highest BCUT2D eigenvalue weighted by Crippen LogP contribution is 2.42. The Labute approximate surface area is 357 Å². The Bertz CT molecular complexity index is 3640. The SMILES string of the molecule is c1ccc(-c2ccccc2-c2cc(-c3ccccc3-c3ccc4c(c3)sc3ccccc34)nc(-c3ccc(-c4c5ccccc5cc5c4ccc4ccccc45)cc3)n2)cc1. The fourth-order valence-electron chi connectivity index (χ4n) is 9.20. The normalized spacial score (nSPS) is 11.6. The summed E-state index contributed by atoms with van der Waals surface area (Å²) in [5.41, 5.74) is 11.8. The van der Waals surface area contributed by atoms with E-state index in [0.717, 1.165) is 50.3 Å². The summed E-state index contributed by atoms with van der Waals surface area (Å²) in [6.45, 7) is 0. The van der Waals surface area contributed by atoms with Gasteiger partial charge in [0.15, 0.2) is 5.82 Å². The van der Waals surface area contributed by atoms with Crippen molar-refractivity contribution >= 4 is 63.8 Å². The summed E-state index contributed by atoms with van der Waals surface area (Å²) in [5, 5.41) is 10.1. The average molecular weight is 793 g/mol. The maximum Gasteiger partial charge on any atom is 0.160 e. The Balaban J connectivity index is 1.04. The van der Waals surface area contributed by atoms with E-state index >= 15 is 0 Å². The largest absolute Gasteiger partial charge is 0.228 e. The quantitative estimate of drug-likeness (QED) is 0.124. The highest BCUT2D eigenvalue weighted by atomic mass is 32.1. The Kier molecular flexibility index (Phi) is 8.39. The summed E-state index contributed by atoms with van der Waals surface area (Å²) in [5.74, 6) is 0.686. The van der Waals surface area contributed by atoms with Crippen LogP contribution in [-0.4, -0.2) is 9.97 Å². The molecule has 0 spiro atoms. The van der Waals surface area contributed by atoms with E-state index in [1.165, 1.54) is 63.6 Å². The molecule has 61 heavy (non-hydrogen) atoms. The van der Waals surface area contributed by atoms with Crippen LogP contribution in [0.25, 0.3) is 120 Å². The molecule has 284 valence electrons. The van der Waals surface area contributed by atoms with Crippen LogP contribution in [-0.2, 0) is 0 Å². The fourth-order valence-corrected chi connectivity index (χ4v) is 10.3. The molecule has 0 saturated carbocycles. The molecule has 2 aromatic heterocycles. The number of hydrogen-bond acceptors (Lipinski definition) is 3. The van der Waals surface area contributed by atoms with Crippen LogP contribution in [0.1, 0.15) is 0 Å². The number of rotatable bonds is 6. The summed E-state index contributed by atoms with van der Waals surface area (Å²) in [4.78, 5) is 10.8. The molecule has 0 N–H and O–H groups in total. The van der Waals surface area contributed by atoms with E-state index in [-0.39, 0.29) is 0 Å². The first kappa shape index (κ1) is 35.2. The zero-order valence-electron chi connectivity index (χ0n) is 33.1. The van der Waals surface area contributed by atoms with Crippen LogP contribution in [0.2, 0.25) is 0 Å². The summed E-state index contributed by atoms with van der Waals surface area (Å²) in [7, 11) is 0. The lowest BCUT2D eigenvalue weighted by Gasteiger charge is -2.16. The molecule has 0 bridgehead atoms. The van der Waals surface area contributed by atoms with E-state index in [1.807, 2.05) is 11.3 Å². The molecule has 0 radical (unpaired) electrons. The fraction of sp³-hybridized carbons (Fsp3) is 0. The first-order valence-corrected chi connectivity index (χ1v) is 21.5.